The topological polar surface area (TPSA) is 77.5 Å². The molecule has 0 unspecified atom stereocenters. The Labute approximate surface area is 143 Å². The van der Waals surface area contributed by atoms with Crippen molar-refractivity contribution in [2.24, 2.45) is 5.10 Å². The van der Waals surface area contributed by atoms with Gasteiger partial charge in [0.1, 0.15) is 5.75 Å². The summed E-state index contributed by atoms with van der Waals surface area (Å²) in [6, 6.07) is 18.4. The number of aromatic hydroxyl groups is 1. The third kappa shape index (κ3) is 2.83. The third-order valence-corrected chi connectivity index (χ3v) is 4.09. The average molecular weight is 329 g/mol. The highest BCUT2D eigenvalue weighted by Gasteiger charge is 2.07. The molecule has 0 aliphatic carbocycles. The minimum absolute atomic E-state index is 0.0418. The highest BCUT2D eigenvalue weighted by molar-refractivity contribution is 6.11. The van der Waals surface area contributed by atoms with Crippen LogP contribution in [0, 0.1) is 0 Å². The lowest BCUT2D eigenvalue weighted by molar-refractivity contribution is 0.0954. The number of rotatable bonds is 3. The molecule has 5 heteroatoms. The van der Waals surface area contributed by atoms with E-state index in [0.717, 1.165) is 27.2 Å². The minimum atomic E-state index is -0.377. The summed E-state index contributed by atoms with van der Waals surface area (Å²) in [6.45, 7) is 0. The summed E-state index contributed by atoms with van der Waals surface area (Å²) in [6.07, 6.45) is 3.47. The number of H-pyrrole nitrogens is 1. The molecular weight excluding hydrogens is 314 g/mol. The molecule has 0 radical (unpaired) electrons. The molecule has 3 aromatic carbocycles. The number of phenolic OH excluding ortho intramolecular Hbond substituents is 1. The number of aromatic nitrogens is 1. The molecule has 122 valence electrons. The Kier molecular flexibility index (Phi) is 3.67. The van der Waals surface area contributed by atoms with E-state index < -0.39 is 0 Å². The predicted octanol–water partition coefficient (Wildman–Crippen LogP) is 3.79. The first kappa shape index (κ1) is 15.0. The maximum Gasteiger partial charge on any atom is 0.271 e. The van der Waals surface area contributed by atoms with Gasteiger partial charge < -0.3 is 10.1 Å². The van der Waals surface area contributed by atoms with Gasteiger partial charge in [0.05, 0.1) is 11.7 Å². The number of hydrogen-bond acceptors (Lipinski definition) is 3. The van der Waals surface area contributed by atoms with Crippen LogP contribution in [0.4, 0.5) is 0 Å². The lowest BCUT2D eigenvalue weighted by Crippen LogP contribution is -2.17. The Morgan fingerprint density at radius 2 is 1.92 bits per heavy atom. The summed E-state index contributed by atoms with van der Waals surface area (Å²) in [7, 11) is 0. The van der Waals surface area contributed by atoms with E-state index in [1.807, 2.05) is 24.4 Å². The smallest absolute Gasteiger partial charge is 0.271 e. The van der Waals surface area contributed by atoms with Gasteiger partial charge in [0.15, 0.2) is 0 Å². The number of nitrogens with one attached hydrogen (secondary N) is 2. The number of carbonyl (C=O) groups is 1. The number of hydrazone groups is 1. The predicted molar refractivity (Wildman–Crippen MR) is 99.0 cm³/mol. The largest absolute Gasteiger partial charge is 0.508 e. The maximum absolute atomic E-state index is 12.0. The average Bonchev–Trinajstić information content (AvgIpc) is 3.05. The van der Waals surface area contributed by atoms with Crippen molar-refractivity contribution in [1.29, 1.82) is 0 Å². The molecule has 0 spiro atoms. The van der Waals surface area contributed by atoms with Crippen LogP contribution in [-0.4, -0.2) is 22.2 Å². The zero-order valence-electron chi connectivity index (χ0n) is 13.2. The van der Waals surface area contributed by atoms with Crippen molar-refractivity contribution in [1.82, 2.24) is 10.4 Å². The first-order valence-corrected chi connectivity index (χ1v) is 7.83. The van der Waals surface area contributed by atoms with Crippen molar-refractivity contribution in [3.63, 3.8) is 0 Å². The van der Waals surface area contributed by atoms with Crippen LogP contribution in [0.1, 0.15) is 15.9 Å². The molecule has 4 aromatic rings. The van der Waals surface area contributed by atoms with E-state index in [1.165, 1.54) is 12.1 Å². The maximum atomic E-state index is 12.0. The molecule has 4 rings (SSSR count). The second-order valence-corrected chi connectivity index (χ2v) is 5.70. The molecule has 5 nitrogen and oxygen atoms in total. The summed E-state index contributed by atoms with van der Waals surface area (Å²) in [4.78, 5) is 15.3. The van der Waals surface area contributed by atoms with E-state index in [4.69, 9.17) is 0 Å². The number of carbonyl (C=O) groups excluding carboxylic acids is 1. The third-order valence-electron chi connectivity index (χ3n) is 4.09. The van der Waals surface area contributed by atoms with Crippen LogP contribution in [0.25, 0.3) is 21.7 Å². The van der Waals surface area contributed by atoms with Crippen molar-refractivity contribution in [2.45, 2.75) is 0 Å². The number of amides is 1. The van der Waals surface area contributed by atoms with Gasteiger partial charge in [-0.15, -0.1) is 0 Å². The van der Waals surface area contributed by atoms with Crippen LogP contribution in [-0.2, 0) is 0 Å². The Morgan fingerprint density at radius 1 is 1.04 bits per heavy atom. The zero-order valence-corrected chi connectivity index (χ0v) is 13.2. The molecule has 3 N–H and O–H groups in total. The van der Waals surface area contributed by atoms with Gasteiger partial charge in [0, 0.05) is 28.1 Å². The van der Waals surface area contributed by atoms with Gasteiger partial charge in [-0.25, -0.2) is 5.43 Å². The molecule has 1 aromatic heterocycles. The molecule has 0 atom stereocenters. The second-order valence-electron chi connectivity index (χ2n) is 5.70. The van der Waals surface area contributed by atoms with Crippen molar-refractivity contribution < 1.29 is 9.90 Å². The van der Waals surface area contributed by atoms with E-state index in [-0.39, 0.29) is 11.7 Å². The van der Waals surface area contributed by atoms with Gasteiger partial charge in [-0.05, 0) is 23.6 Å². The van der Waals surface area contributed by atoms with Crippen molar-refractivity contribution in [3.8, 4) is 5.75 Å². The molecule has 0 saturated carbocycles. The summed E-state index contributed by atoms with van der Waals surface area (Å²) in [5, 5.41) is 16.8. The van der Waals surface area contributed by atoms with Crippen molar-refractivity contribution in [2.75, 3.05) is 0 Å². The summed E-state index contributed by atoms with van der Waals surface area (Å²) < 4.78 is 0. The Bertz CT molecular complexity index is 1110. The Hall–Kier alpha value is -3.60. The van der Waals surface area contributed by atoms with Crippen LogP contribution in [0.15, 0.2) is 72.0 Å². The molecule has 0 saturated heterocycles. The van der Waals surface area contributed by atoms with Crippen LogP contribution < -0.4 is 5.43 Å². The van der Waals surface area contributed by atoms with Gasteiger partial charge in [0.25, 0.3) is 5.91 Å². The van der Waals surface area contributed by atoms with Gasteiger partial charge in [-0.2, -0.15) is 5.10 Å². The van der Waals surface area contributed by atoms with Gasteiger partial charge in [-0.1, -0.05) is 42.5 Å². The Morgan fingerprint density at radius 3 is 2.80 bits per heavy atom. The van der Waals surface area contributed by atoms with Crippen LogP contribution in [0.5, 0.6) is 5.75 Å². The van der Waals surface area contributed by atoms with E-state index in [1.54, 1.807) is 18.3 Å². The molecule has 0 bridgehead atoms. The monoisotopic (exact) mass is 329 g/mol. The van der Waals surface area contributed by atoms with Crippen LogP contribution >= 0.6 is 0 Å². The van der Waals surface area contributed by atoms with Crippen molar-refractivity contribution >= 4 is 33.8 Å². The number of hydrogen-bond donors (Lipinski definition) is 3. The molecule has 0 aliphatic heterocycles. The first-order chi connectivity index (χ1) is 12.2. The molecule has 0 fully saturated rings. The van der Waals surface area contributed by atoms with E-state index in [2.05, 4.69) is 33.7 Å². The fraction of sp³-hybridized carbons (Fsp3) is 0. The lowest BCUT2D eigenvalue weighted by Gasteiger charge is -2.00. The Balaban J connectivity index is 1.59. The fourth-order valence-corrected chi connectivity index (χ4v) is 2.87. The van der Waals surface area contributed by atoms with Gasteiger partial charge in [0.2, 0.25) is 0 Å². The summed E-state index contributed by atoms with van der Waals surface area (Å²) in [5.41, 5.74) is 4.75. The number of benzene rings is 3. The van der Waals surface area contributed by atoms with Gasteiger partial charge >= 0.3 is 0 Å². The second kappa shape index (κ2) is 6.13. The summed E-state index contributed by atoms with van der Waals surface area (Å²) in [5.74, 6) is -0.336. The minimum Gasteiger partial charge on any atom is -0.508 e. The zero-order chi connectivity index (χ0) is 17.2. The molecule has 0 aliphatic rings. The number of phenols is 1. The van der Waals surface area contributed by atoms with E-state index >= 15 is 0 Å². The molecular formula is C20H15N3O2. The molecule has 1 amide bonds. The quantitative estimate of drug-likeness (QED) is 0.395. The SMILES string of the molecule is O=C(N/N=C/c1c[nH]c2c1ccc1ccccc12)c1cccc(O)c1. The number of fused-ring (bicyclic) bond motifs is 3. The molecule has 1 heterocycles. The number of aromatic amines is 1. The van der Waals surface area contributed by atoms with E-state index in [0.29, 0.717) is 5.56 Å². The fourth-order valence-electron chi connectivity index (χ4n) is 2.87. The summed E-state index contributed by atoms with van der Waals surface area (Å²) >= 11 is 0. The normalized spacial score (nSPS) is 11.4. The number of nitrogens with zero attached hydrogens (tertiary/aromatic N) is 1. The van der Waals surface area contributed by atoms with Crippen LogP contribution in [0.3, 0.4) is 0 Å². The molecule has 25 heavy (non-hydrogen) atoms. The van der Waals surface area contributed by atoms with Gasteiger partial charge in [-0.3, -0.25) is 4.79 Å². The highest BCUT2D eigenvalue weighted by Crippen LogP contribution is 2.26. The lowest BCUT2D eigenvalue weighted by atomic mass is 10.1. The van der Waals surface area contributed by atoms with Crippen LogP contribution in [0.2, 0.25) is 0 Å². The highest BCUT2D eigenvalue weighted by atomic mass is 16.3. The standard InChI is InChI=1S/C20H15N3O2/c24-16-6-3-5-14(10-16)20(25)23-22-12-15-11-21-19-17-7-2-1-4-13(17)8-9-18(15)19/h1-12,21,24H,(H,23,25)/b22-12+. The van der Waals surface area contributed by atoms with E-state index in [9.17, 15) is 9.90 Å². The van der Waals surface area contributed by atoms with Crippen molar-refractivity contribution in [3.05, 3.63) is 78.0 Å². The first-order valence-electron chi connectivity index (χ1n) is 7.83.